The number of benzene rings is 1. The van der Waals surface area contributed by atoms with Gasteiger partial charge in [-0.2, -0.15) is 0 Å². The highest BCUT2D eigenvalue weighted by Crippen LogP contribution is 2.29. The van der Waals surface area contributed by atoms with Crippen LogP contribution in [0.1, 0.15) is 34.9 Å². The van der Waals surface area contributed by atoms with Crippen molar-refractivity contribution in [2.45, 2.75) is 31.8 Å². The van der Waals surface area contributed by atoms with E-state index >= 15 is 0 Å². The maximum atomic E-state index is 12.6. The number of aryl methyl sites for hydroxylation is 1. The molecule has 27 heavy (non-hydrogen) atoms. The molecule has 1 aromatic heterocycles. The van der Waals surface area contributed by atoms with Crippen molar-refractivity contribution in [2.75, 3.05) is 32.7 Å². The van der Waals surface area contributed by atoms with Crippen molar-refractivity contribution in [3.8, 4) is 0 Å². The lowest BCUT2D eigenvalue weighted by molar-refractivity contribution is -1.01. The second kappa shape index (κ2) is 8.74. The molecule has 6 heteroatoms. The van der Waals surface area contributed by atoms with Crippen LogP contribution in [0.2, 0.25) is 4.34 Å². The summed E-state index contributed by atoms with van der Waals surface area (Å²) >= 11 is 7.71. The maximum Gasteiger partial charge on any atom is 0.275 e. The highest BCUT2D eigenvalue weighted by atomic mass is 35.5. The van der Waals surface area contributed by atoms with E-state index in [4.69, 9.17) is 11.6 Å². The van der Waals surface area contributed by atoms with Gasteiger partial charge in [0.2, 0.25) is 0 Å². The molecule has 2 heterocycles. The first-order chi connectivity index (χ1) is 13.2. The minimum absolute atomic E-state index is 0.192. The lowest BCUT2D eigenvalue weighted by atomic mass is 9.88. The molecule has 1 atom stereocenters. The Kier molecular flexibility index (Phi) is 6.13. The van der Waals surface area contributed by atoms with Crippen molar-refractivity contribution in [3.05, 3.63) is 56.7 Å². The molecule has 2 aliphatic rings. The Bertz CT molecular complexity index is 785. The van der Waals surface area contributed by atoms with Crippen molar-refractivity contribution in [3.63, 3.8) is 0 Å². The van der Waals surface area contributed by atoms with E-state index in [1.807, 2.05) is 6.07 Å². The van der Waals surface area contributed by atoms with Gasteiger partial charge >= 0.3 is 0 Å². The van der Waals surface area contributed by atoms with E-state index < -0.39 is 0 Å². The number of thiophene rings is 1. The average Bonchev–Trinajstić information content (AvgIpc) is 3.08. The Morgan fingerprint density at radius 1 is 1.11 bits per heavy atom. The number of halogens is 1. The minimum atomic E-state index is 0.192. The molecule has 1 fully saturated rings. The molecule has 4 nitrogen and oxygen atoms in total. The van der Waals surface area contributed by atoms with Gasteiger partial charge in [-0.1, -0.05) is 35.9 Å². The van der Waals surface area contributed by atoms with Gasteiger partial charge in [0, 0.05) is 0 Å². The molecule has 0 unspecified atom stereocenters. The summed E-state index contributed by atoms with van der Waals surface area (Å²) in [6, 6.07) is 12.9. The van der Waals surface area contributed by atoms with Crippen molar-refractivity contribution in [1.29, 1.82) is 0 Å². The first kappa shape index (κ1) is 18.9. The molecule has 0 radical (unpaired) electrons. The Morgan fingerprint density at radius 2 is 1.89 bits per heavy atom. The Balaban J connectivity index is 1.24. The summed E-state index contributed by atoms with van der Waals surface area (Å²) in [6.45, 7) is 5.99. The second-order valence-electron chi connectivity index (χ2n) is 7.77. The van der Waals surface area contributed by atoms with Crippen molar-refractivity contribution < 1.29 is 14.6 Å². The van der Waals surface area contributed by atoms with Gasteiger partial charge in [-0.05, 0) is 42.5 Å². The molecule has 0 bridgehead atoms. The van der Waals surface area contributed by atoms with Gasteiger partial charge in [-0.25, -0.2) is 0 Å². The van der Waals surface area contributed by atoms with E-state index in [1.54, 1.807) is 16.2 Å². The largest absolute Gasteiger partial charge is 0.344 e. The van der Waals surface area contributed by atoms with Crippen molar-refractivity contribution >= 4 is 28.8 Å². The SMILES string of the molecule is O=C(C[NH+]1CC[NH+](Cc2ccc(Cl)s2)CC1)N[C@H]1CCCc2ccccc21. The average molecular weight is 406 g/mol. The van der Waals surface area contributed by atoms with Crippen LogP contribution >= 0.6 is 22.9 Å². The van der Waals surface area contributed by atoms with Crippen molar-refractivity contribution in [1.82, 2.24) is 5.32 Å². The summed E-state index contributed by atoms with van der Waals surface area (Å²) in [4.78, 5) is 17.0. The van der Waals surface area contributed by atoms with Crippen LogP contribution in [0, 0.1) is 0 Å². The molecule has 1 saturated heterocycles. The van der Waals surface area contributed by atoms with Gasteiger partial charge < -0.3 is 15.1 Å². The molecule has 1 aliphatic heterocycles. The van der Waals surface area contributed by atoms with E-state index in [1.165, 1.54) is 20.9 Å². The Morgan fingerprint density at radius 3 is 2.67 bits per heavy atom. The smallest absolute Gasteiger partial charge is 0.275 e. The highest BCUT2D eigenvalue weighted by molar-refractivity contribution is 7.16. The van der Waals surface area contributed by atoms with E-state index in [-0.39, 0.29) is 11.9 Å². The quantitative estimate of drug-likeness (QED) is 0.678. The molecule has 2 aromatic rings. The van der Waals surface area contributed by atoms with Crippen LogP contribution < -0.4 is 15.1 Å². The molecule has 1 amide bonds. The lowest BCUT2D eigenvalue weighted by Gasteiger charge is -2.30. The third kappa shape index (κ3) is 4.91. The van der Waals surface area contributed by atoms with Gasteiger partial charge in [0.25, 0.3) is 5.91 Å². The fourth-order valence-corrected chi connectivity index (χ4v) is 5.54. The molecule has 1 aromatic carbocycles. The van der Waals surface area contributed by atoms with Crippen LogP contribution in [-0.2, 0) is 17.8 Å². The normalized spacial score (nSPS) is 25.0. The molecule has 1 aliphatic carbocycles. The van der Waals surface area contributed by atoms with Gasteiger partial charge in [0.05, 0.1) is 15.3 Å². The van der Waals surface area contributed by atoms with Crippen LogP contribution in [0.3, 0.4) is 0 Å². The first-order valence-corrected chi connectivity index (χ1v) is 11.2. The predicted octanol–water partition coefficient (Wildman–Crippen LogP) is 0.879. The summed E-state index contributed by atoms with van der Waals surface area (Å²) in [5, 5.41) is 3.30. The highest BCUT2D eigenvalue weighted by Gasteiger charge is 2.27. The number of hydrogen-bond acceptors (Lipinski definition) is 2. The molecule has 144 valence electrons. The second-order valence-corrected chi connectivity index (χ2v) is 9.57. The van der Waals surface area contributed by atoms with Gasteiger partial charge in [-0.3, -0.25) is 4.79 Å². The zero-order chi connectivity index (χ0) is 18.6. The van der Waals surface area contributed by atoms with Crippen LogP contribution in [0.15, 0.2) is 36.4 Å². The number of piperazine rings is 1. The molecule has 0 saturated carbocycles. The third-order valence-electron chi connectivity index (χ3n) is 5.83. The number of hydrogen-bond donors (Lipinski definition) is 3. The van der Waals surface area contributed by atoms with E-state index in [0.29, 0.717) is 6.54 Å². The van der Waals surface area contributed by atoms with E-state index in [0.717, 1.165) is 56.3 Å². The third-order valence-corrected chi connectivity index (χ3v) is 7.06. The lowest BCUT2D eigenvalue weighted by Crippen LogP contribution is -3.28. The first-order valence-electron chi connectivity index (χ1n) is 9.96. The summed E-state index contributed by atoms with van der Waals surface area (Å²) in [5.74, 6) is 0.195. The number of carbonyl (C=O) groups excluding carboxylic acids is 1. The monoisotopic (exact) mass is 405 g/mol. The fourth-order valence-electron chi connectivity index (χ4n) is 4.38. The van der Waals surface area contributed by atoms with Gasteiger partial charge in [-0.15, -0.1) is 11.3 Å². The zero-order valence-corrected chi connectivity index (χ0v) is 17.2. The molecule has 4 rings (SSSR count). The molecular formula is C21H28ClN3OS+2. The molecule has 3 N–H and O–H groups in total. The number of fused-ring (bicyclic) bond motifs is 1. The molecular weight excluding hydrogens is 378 g/mol. The number of rotatable bonds is 5. The Hall–Kier alpha value is -1.40. The fraction of sp³-hybridized carbons (Fsp3) is 0.476. The van der Waals surface area contributed by atoms with Gasteiger partial charge in [0.1, 0.15) is 32.7 Å². The van der Waals surface area contributed by atoms with Crippen LogP contribution in [-0.4, -0.2) is 38.6 Å². The Labute approximate surface area is 170 Å². The summed E-state index contributed by atoms with van der Waals surface area (Å²) < 4.78 is 0.870. The van der Waals surface area contributed by atoms with Crippen LogP contribution in [0.5, 0.6) is 0 Å². The molecule has 0 spiro atoms. The number of amides is 1. The summed E-state index contributed by atoms with van der Waals surface area (Å²) in [5.41, 5.74) is 2.71. The van der Waals surface area contributed by atoms with E-state index in [9.17, 15) is 4.79 Å². The number of nitrogens with one attached hydrogen (secondary N) is 3. The summed E-state index contributed by atoms with van der Waals surface area (Å²) in [7, 11) is 0. The zero-order valence-electron chi connectivity index (χ0n) is 15.6. The van der Waals surface area contributed by atoms with Crippen LogP contribution in [0.4, 0.5) is 0 Å². The number of carbonyl (C=O) groups is 1. The van der Waals surface area contributed by atoms with E-state index in [2.05, 4.69) is 35.6 Å². The maximum absolute atomic E-state index is 12.6. The van der Waals surface area contributed by atoms with Crippen molar-refractivity contribution in [2.24, 2.45) is 0 Å². The minimum Gasteiger partial charge on any atom is -0.344 e. The number of quaternary nitrogens is 2. The standard InChI is InChI=1S/C21H26ClN3OS/c22-20-9-8-17(27-20)14-24-10-12-25(13-11-24)15-21(26)23-19-7-3-5-16-4-1-2-6-18(16)19/h1-2,4,6,8-9,19H,3,5,7,10-15H2,(H,23,26)/p+2/t19-/m0/s1. The van der Waals surface area contributed by atoms with Crippen LogP contribution in [0.25, 0.3) is 0 Å². The topological polar surface area (TPSA) is 38.0 Å². The van der Waals surface area contributed by atoms with Gasteiger partial charge in [0.15, 0.2) is 6.54 Å². The predicted molar refractivity (Wildman–Crippen MR) is 110 cm³/mol. The summed E-state index contributed by atoms with van der Waals surface area (Å²) in [6.07, 6.45) is 3.34.